The van der Waals surface area contributed by atoms with Crippen LogP contribution in [0.15, 0.2) is 36.0 Å². The predicted octanol–water partition coefficient (Wildman–Crippen LogP) is 5.99. The summed E-state index contributed by atoms with van der Waals surface area (Å²) in [5, 5.41) is 0. The summed E-state index contributed by atoms with van der Waals surface area (Å²) in [5.74, 6) is 2.33. The molecule has 0 aromatic carbocycles. The molecule has 4 aliphatic carbocycles. The molecule has 0 radical (unpaired) electrons. The maximum absolute atomic E-state index is 11.4. The Morgan fingerprint density at radius 1 is 1.19 bits per heavy atom. The van der Waals surface area contributed by atoms with Crippen LogP contribution in [0.5, 0.6) is 0 Å². The van der Waals surface area contributed by atoms with Crippen molar-refractivity contribution in [2.45, 2.75) is 78.2 Å². The Labute approximate surface area is 158 Å². The van der Waals surface area contributed by atoms with E-state index in [1.807, 2.05) is 6.08 Å². The van der Waals surface area contributed by atoms with Gasteiger partial charge in [0.05, 0.1) is 0 Å². The smallest absolute Gasteiger partial charge is 0.302 e. The zero-order valence-corrected chi connectivity index (χ0v) is 16.7. The van der Waals surface area contributed by atoms with Gasteiger partial charge < -0.3 is 4.74 Å². The number of allylic oxidation sites excluding steroid dienone is 4. The number of rotatable bonds is 2. The molecule has 0 unspecified atom stereocenters. The summed E-state index contributed by atoms with van der Waals surface area (Å²) in [6, 6.07) is 0. The summed E-state index contributed by atoms with van der Waals surface area (Å²) >= 11 is 0. The number of esters is 1. The molecule has 2 heteroatoms. The number of carbonyl (C=O) groups is 1. The van der Waals surface area contributed by atoms with Gasteiger partial charge in [-0.05, 0) is 73.5 Å². The molecule has 0 saturated heterocycles. The Kier molecular flexibility index (Phi) is 4.44. The van der Waals surface area contributed by atoms with E-state index in [2.05, 4.69) is 32.6 Å². The molecule has 0 aromatic rings. The van der Waals surface area contributed by atoms with Gasteiger partial charge in [-0.15, -0.1) is 0 Å². The third kappa shape index (κ3) is 2.63. The van der Waals surface area contributed by atoms with Crippen LogP contribution in [0.3, 0.4) is 0 Å². The zero-order valence-electron chi connectivity index (χ0n) is 16.7. The first kappa shape index (κ1) is 18.1. The van der Waals surface area contributed by atoms with Crippen LogP contribution in [-0.2, 0) is 9.53 Å². The summed E-state index contributed by atoms with van der Waals surface area (Å²) in [5.41, 5.74) is 3.95. The van der Waals surface area contributed by atoms with Crippen LogP contribution >= 0.6 is 0 Å². The van der Waals surface area contributed by atoms with Gasteiger partial charge >= 0.3 is 5.97 Å². The van der Waals surface area contributed by atoms with Crippen LogP contribution < -0.4 is 0 Å². The van der Waals surface area contributed by atoms with Gasteiger partial charge in [0.15, 0.2) is 0 Å². The number of ether oxygens (including phenoxy) is 1. The fourth-order valence-corrected chi connectivity index (χ4v) is 7.23. The normalized spacial score (nSPS) is 46.0. The third-order valence-corrected chi connectivity index (χ3v) is 8.56. The highest BCUT2D eigenvalue weighted by atomic mass is 16.5. The first-order valence-corrected chi connectivity index (χ1v) is 10.6. The van der Waals surface area contributed by atoms with Gasteiger partial charge in [-0.25, -0.2) is 0 Å². The molecule has 0 spiro atoms. The van der Waals surface area contributed by atoms with Gasteiger partial charge in [-0.1, -0.05) is 49.8 Å². The minimum absolute atomic E-state index is 0.103. The Bertz CT molecular complexity index is 672. The summed E-state index contributed by atoms with van der Waals surface area (Å²) in [4.78, 5) is 11.4. The monoisotopic (exact) mass is 354 g/mol. The van der Waals surface area contributed by atoms with Crippen LogP contribution in [0, 0.1) is 28.6 Å². The lowest BCUT2D eigenvalue weighted by Crippen LogP contribution is -2.49. The number of hydrogen-bond donors (Lipinski definition) is 0. The van der Waals surface area contributed by atoms with E-state index in [1.165, 1.54) is 45.4 Å². The molecule has 2 nitrogen and oxygen atoms in total. The van der Waals surface area contributed by atoms with Crippen LogP contribution in [0.1, 0.15) is 72.1 Å². The fraction of sp³-hybridized carbons (Fsp3) is 0.708. The lowest BCUT2D eigenvalue weighted by molar-refractivity contribution is -0.148. The van der Waals surface area contributed by atoms with Gasteiger partial charge in [0.25, 0.3) is 0 Å². The third-order valence-electron chi connectivity index (χ3n) is 8.56. The van der Waals surface area contributed by atoms with Crippen LogP contribution in [-0.4, -0.2) is 12.1 Å². The van der Waals surface area contributed by atoms with Gasteiger partial charge in [-0.2, -0.15) is 0 Å². The van der Waals surface area contributed by atoms with Crippen molar-refractivity contribution >= 4 is 5.97 Å². The van der Waals surface area contributed by atoms with Crippen molar-refractivity contribution in [2.75, 3.05) is 0 Å². The maximum Gasteiger partial charge on any atom is 0.302 e. The van der Waals surface area contributed by atoms with Crippen molar-refractivity contribution in [1.29, 1.82) is 0 Å². The van der Waals surface area contributed by atoms with Crippen molar-refractivity contribution < 1.29 is 9.53 Å². The van der Waals surface area contributed by atoms with E-state index >= 15 is 0 Å². The standard InChI is InChI=1S/C24H34O2/c1-5-6-17-8-10-21-20-9-7-18-15-19(26-16(2)25)11-13-24(18,4)22(20)12-14-23(17,21)3/h5-7,19-22H,1,8-15H2,2-4H3/b17-6+/t19-,20-,21-,22-,23+,24-/m0/s1. The molecule has 0 bridgehead atoms. The van der Waals surface area contributed by atoms with Gasteiger partial charge in [0.2, 0.25) is 0 Å². The molecule has 3 saturated carbocycles. The molecular weight excluding hydrogens is 320 g/mol. The second kappa shape index (κ2) is 6.39. The second-order valence-electron chi connectivity index (χ2n) is 9.66. The molecule has 6 atom stereocenters. The van der Waals surface area contributed by atoms with Crippen LogP contribution in [0.4, 0.5) is 0 Å². The lowest BCUT2D eigenvalue weighted by Gasteiger charge is -2.57. The fourth-order valence-electron chi connectivity index (χ4n) is 7.23. The Morgan fingerprint density at radius 2 is 1.92 bits per heavy atom. The van der Waals surface area contributed by atoms with Gasteiger partial charge in [-0.3, -0.25) is 4.79 Å². The van der Waals surface area contributed by atoms with Crippen molar-refractivity contribution in [1.82, 2.24) is 0 Å². The largest absolute Gasteiger partial charge is 0.462 e. The first-order valence-electron chi connectivity index (χ1n) is 10.6. The molecule has 3 fully saturated rings. The molecule has 0 aromatic heterocycles. The molecule has 4 aliphatic rings. The predicted molar refractivity (Wildman–Crippen MR) is 106 cm³/mol. The zero-order chi connectivity index (χ0) is 18.5. The van der Waals surface area contributed by atoms with E-state index < -0.39 is 0 Å². The maximum atomic E-state index is 11.4. The molecule has 0 heterocycles. The molecule has 4 rings (SSSR count). The highest BCUT2D eigenvalue weighted by Gasteiger charge is 2.57. The van der Waals surface area contributed by atoms with E-state index in [0.29, 0.717) is 10.8 Å². The van der Waals surface area contributed by atoms with Crippen molar-refractivity contribution in [2.24, 2.45) is 28.6 Å². The average molecular weight is 355 g/mol. The summed E-state index contributed by atoms with van der Waals surface area (Å²) in [7, 11) is 0. The molecular formula is C24H34O2. The van der Waals surface area contributed by atoms with Crippen LogP contribution in [0.2, 0.25) is 0 Å². The summed E-state index contributed by atoms with van der Waals surface area (Å²) in [6.45, 7) is 10.5. The quantitative estimate of drug-likeness (QED) is 0.449. The SMILES string of the molecule is C=C/C=C1\CC[C@H]2[C@@H]3CC=C4C[C@@H](OC(C)=O)CC[C@]4(C)[C@H]3CC[C@]12C. The van der Waals surface area contributed by atoms with E-state index in [4.69, 9.17) is 4.74 Å². The highest BCUT2D eigenvalue weighted by molar-refractivity contribution is 5.66. The lowest BCUT2D eigenvalue weighted by atomic mass is 9.48. The Morgan fingerprint density at radius 3 is 2.65 bits per heavy atom. The highest BCUT2D eigenvalue weighted by Crippen LogP contribution is 2.66. The molecule has 142 valence electrons. The van der Waals surface area contributed by atoms with E-state index in [1.54, 1.807) is 11.1 Å². The minimum Gasteiger partial charge on any atom is -0.462 e. The molecule has 0 N–H and O–H groups in total. The Hall–Kier alpha value is -1.31. The first-order chi connectivity index (χ1) is 12.4. The van der Waals surface area contributed by atoms with Crippen molar-refractivity contribution in [3.05, 3.63) is 36.0 Å². The molecule has 0 aliphatic heterocycles. The number of hydrogen-bond acceptors (Lipinski definition) is 2. The Balaban J connectivity index is 1.60. The topological polar surface area (TPSA) is 26.3 Å². The van der Waals surface area contributed by atoms with E-state index in [0.717, 1.165) is 30.6 Å². The van der Waals surface area contributed by atoms with Crippen molar-refractivity contribution in [3.63, 3.8) is 0 Å². The van der Waals surface area contributed by atoms with E-state index in [9.17, 15) is 4.79 Å². The number of carbonyl (C=O) groups excluding carboxylic acids is 1. The van der Waals surface area contributed by atoms with Crippen LogP contribution in [0.25, 0.3) is 0 Å². The van der Waals surface area contributed by atoms with Gasteiger partial charge in [0.1, 0.15) is 6.10 Å². The summed E-state index contributed by atoms with van der Waals surface area (Å²) in [6.07, 6.45) is 16.6. The second-order valence-corrected chi connectivity index (χ2v) is 9.66. The summed E-state index contributed by atoms with van der Waals surface area (Å²) < 4.78 is 5.55. The van der Waals surface area contributed by atoms with E-state index in [-0.39, 0.29) is 12.1 Å². The molecule has 26 heavy (non-hydrogen) atoms. The number of fused-ring (bicyclic) bond motifs is 5. The molecule has 0 amide bonds. The van der Waals surface area contributed by atoms with Gasteiger partial charge in [0, 0.05) is 13.3 Å². The van der Waals surface area contributed by atoms with Crippen molar-refractivity contribution in [3.8, 4) is 0 Å². The average Bonchev–Trinajstić information content (AvgIpc) is 2.92. The minimum atomic E-state index is -0.131.